The van der Waals surface area contributed by atoms with Gasteiger partial charge in [0.2, 0.25) is 11.8 Å². The van der Waals surface area contributed by atoms with Crippen LogP contribution in [0.25, 0.3) is 0 Å². The molecule has 2 N–H and O–H groups in total. The number of methoxy groups -OCH3 is 1. The molecular formula is C30H21ClF3N3O6S2. The number of anilines is 2. The number of hydrogen-bond donors (Lipinski definition) is 2. The minimum absolute atomic E-state index is 0.112. The van der Waals surface area contributed by atoms with Crippen LogP contribution in [-0.4, -0.2) is 41.7 Å². The summed E-state index contributed by atoms with van der Waals surface area (Å²) in [6, 6.07) is 15.6. The lowest BCUT2D eigenvalue weighted by molar-refractivity contribution is -0.137. The van der Waals surface area contributed by atoms with Gasteiger partial charge in [-0.25, -0.2) is 4.90 Å². The summed E-state index contributed by atoms with van der Waals surface area (Å²) in [5.41, 5.74) is -0.480. The number of thioether (sulfide) groups is 1. The van der Waals surface area contributed by atoms with Crippen LogP contribution in [0, 0.1) is 5.92 Å². The SMILES string of the molecule is COc1cc([C@H]2c3sc(=O)[nH]c3SC3C(=O)N(c4ccc(Cl)cc4)C(=O)C32)ccc1OCC(=O)Nc1ccccc1C(F)(F)F. The number of H-pyrrole nitrogens is 1. The summed E-state index contributed by atoms with van der Waals surface area (Å²) < 4.78 is 51.0. The monoisotopic (exact) mass is 675 g/mol. The van der Waals surface area contributed by atoms with Crippen LogP contribution in [0.1, 0.15) is 21.9 Å². The largest absolute Gasteiger partial charge is 0.493 e. The number of rotatable bonds is 7. The Morgan fingerprint density at radius 2 is 1.76 bits per heavy atom. The summed E-state index contributed by atoms with van der Waals surface area (Å²) in [5, 5.41) is 2.33. The highest BCUT2D eigenvalue weighted by atomic mass is 35.5. The smallest absolute Gasteiger partial charge is 0.418 e. The number of nitrogens with one attached hydrogen (secondary N) is 2. The Labute approximate surface area is 266 Å². The van der Waals surface area contributed by atoms with Gasteiger partial charge in [-0.3, -0.25) is 19.2 Å². The van der Waals surface area contributed by atoms with Gasteiger partial charge in [0.05, 0.1) is 35.0 Å². The van der Waals surface area contributed by atoms with Crippen molar-refractivity contribution < 1.29 is 37.0 Å². The van der Waals surface area contributed by atoms with E-state index in [9.17, 15) is 32.3 Å². The number of carbonyl (C=O) groups excluding carboxylic acids is 3. The summed E-state index contributed by atoms with van der Waals surface area (Å²) in [4.78, 5) is 56.5. The molecule has 1 aromatic heterocycles. The molecule has 45 heavy (non-hydrogen) atoms. The number of aromatic amines is 1. The Morgan fingerprint density at radius 3 is 2.47 bits per heavy atom. The molecule has 2 aliphatic heterocycles. The zero-order valence-electron chi connectivity index (χ0n) is 23.0. The van der Waals surface area contributed by atoms with Gasteiger partial charge in [0.1, 0.15) is 5.25 Å². The maximum atomic E-state index is 13.9. The van der Waals surface area contributed by atoms with Gasteiger partial charge in [-0.05, 0) is 54.1 Å². The van der Waals surface area contributed by atoms with Crippen LogP contribution in [0.5, 0.6) is 11.5 Å². The highest BCUT2D eigenvalue weighted by Crippen LogP contribution is 2.53. The molecule has 1 saturated heterocycles. The lowest BCUT2D eigenvalue weighted by Crippen LogP contribution is -2.32. The average Bonchev–Trinajstić information content (AvgIpc) is 3.50. The number of fused-ring (bicyclic) bond motifs is 2. The zero-order chi connectivity index (χ0) is 32.0. The van der Waals surface area contributed by atoms with E-state index in [1.54, 1.807) is 36.4 Å². The molecule has 3 heterocycles. The maximum absolute atomic E-state index is 13.9. The fourth-order valence-electron chi connectivity index (χ4n) is 5.39. The number of hydrogen-bond acceptors (Lipinski definition) is 8. The van der Waals surface area contributed by atoms with E-state index in [2.05, 4.69) is 10.3 Å². The normalized spacial score (nSPS) is 19.2. The van der Waals surface area contributed by atoms with Crippen molar-refractivity contribution in [1.82, 2.24) is 4.98 Å². The van der Waals surface area contributed by atoms with Crippen molar-refractivity contribution in [3.8, 4) is 11.5 Å². The molecule has 1 fully saturated rings. The zero-order valence-corrected chi connectivity index (χ0v) is 25.4. The molecule has 232 valence electrons. The molecule has 0 aliphatic carbocycles. The van der Waals surface area contributed by atoms with Crippen molar-refractivity contribution >= 4 is 63.8 Å². The van der Waals surface area contributed by atoms with Crippen LogP contribution in [0.3, 0.4) is 0 Å². The number of ether oxygens (including phenoxy) is 2. The Balaban J connectivity index is 1.28. The lowest BCUT2D eigenvalue weighted by atomic mass is 9.83. The number of amides is 3. The summed E-state index contributed by atoms with van der Waals surface area (Å²) in [5.74, 6) is -2.97. The predicted octanol–water partition coefficient (Wildman–Crippen LogP) is 5.93. The number of thiazole rings is 1. The number of alkyl halides is 3. The van der Waals surface area contributed by atoms with Crippen LogP contribution in [0.2, 0.25) is 5.02 Å². The van der Waals surface area contributed by atoms with Crippen LogP contribution in [0.4, 0.5) is 24.5 Å². The van der Waals surface area contributed by atoms with E-state index in [0.29, 0.717) is 26.2 Å². The number of halogens is 4. The van der Waals surface area contributed by atoms with Gasteiger partial charge in [0.25, 0.3) is 5.91 Å². The first-order valence-electron chi connectivity index (χ1n) is 13.3. The Kier molecular flexibility index (Phi) is 8.14. The van der Waals surface area contributed by atoms with Gasteiger partial charge < -0.3 is 19.8 Å². The van der Waals surface area contributed by atoms with Crippen molar-refractivity contribution in [1.29, 1.82) is 0 Å². The third-order valence-electron chi connectivity index (χ3n) is 7.32. The van der Waals surface area contributed by atoms with Gasteiger partial charge in [0.15, 0.2) is 18.1 Å². The highest BCUT2D eigenvalue weighted by Gasteiger charge is 2.56. The molecular weight excluding hydrogens is 655 g/mol. The molecule has 3 amide bonds. The van der Waals surface area contributed by atoms with Crippen LogP contribution < -0.4 is 24.6 Å². The fourth-order valence-corrected chi connectivity index (χ4v) is 8.03. The van der Waals surface area contributed by atoms with E-state index in [-0.39, 0.29) is 16.4 Å². The Hall–Kier alpha value is -4.27. The number of benzene rings is 3. The first-order valence-corrected chi connectivity index (χ1v) is 15.3. The third kappa shape index (κ3) is 5.80. The molecule has 2 aliphatic rings. The van der Waals surface area contributed by atoms with Crippen LogP contribution >= 0.6 is 34.7 Å². The Bertz CT molecular complexity index is 1880. The van der Waals surface area contributed by atoms with Crippen molar-refractivity contribution in [2.24, 2.45) is 5.92 Å². The van der Waals surface area contributed by atoms with Gasteiger partial charge >= 0.3 is 11.0 Å². The second-order valence-corrected chi connectivity index (χ2v) is 12.6. The van der Waals surface area contributed by atoms with Gasteiger partial charge in [-0.2, -0.15) is 13.2 Å². The van der Waals surface area contributed by atoms with Crippen molar-refractivity contribution in [3.05, 3.63) is 97.4 Å². The highest BCUT2D eigenvalue weighted by molar-refractivity contribution is 8.00. The molecule has 3 atom stereocenters. The minimum atomic E-state index is -4.66. The predicted molar refractivity (Wildman–Crippen MR) is 162 cm³/mol. The molecule has 3 aromatic carbocycles. The Morgan fingerprint density at radius 1 is 1.02 bits per heavy atom. The number of aromatic nitrogens is 1. The number of nitrogens with zero attached hydrogens (tertiary/aromatic N) is 1. The number of carbonyl (C=O) groups is 3. The van der Waals surface area contributed by atoms with E-state index in [0.717, 1.165) is 40.1 Å². The molecule has 4 aromatic rings. The third-order valence-corrected chi connectivity index (χ3v) is 9.97. The second-order valence-electron chi connectivity index (χ2n) is 10.0. The molecule has 15 heteroatoms. The lowest BCUT2D eigenvalue weighted by Gasteiger charge is -2.30. The molecule has 6 rings (SSSR count). The first kappa shape index (κ1) is 30.7. The van der Waals surface area contributed by atoms with Crippen molar-refractivity contribution in [2.75, 3.05) is 23.9 Å². The van der Waals surface area contributed by atoms with Gasteiger partial charge in [-0.15, -0.1) is 0 Å². The fraction of sp³-hybridized carbons (Fsp3) is 0.200. The molecule has 0 bridgehead atoms. The first-order chi connectivity index (χ1) is 21.5. The molecule has 0 radical (unpaired) electrons. The average molecular weight is 676 g/mol. The van der Waals surface area contributed by atoms with Gasteiger partial charge in [-0.1, -0.05) is 52.9 Å². The quantitative estimate of drug-likeness (QED) is 0.233. The van der Waals surface area contributed by atoms with E-state index in [1.165, 1.54) is 25.3 Å². The minimum Gasteiger partial charge on any atom is -0.493 e. The second kappa shape index (κ2) is 11.9. The van der Waals surface area contributed by atoms with Crippen LogP contribution in [0.15, 0.2) is 76.6 Å². The summed E-state index contributed by atoms with van der Waals surface area (Å²) in [7, 11) is 1.36. The van der Waals surface area contributed by atoms with Crippen LogP contribution in [-0.2, 0) is 20.6 Å². The van der Waals surface area contributed by atoms with E-state index < -0.39 is 58.8 Å². The van der Waals surface area contributed by atoms with Crippen molar-refractivity contribution in [2.45, 2.75) is 22.4 Å². The standard InChI is InChI=1S/C30H21ClF3N3O6S2/c1-42-20-12-14(6-11-19(20)43-13-21(38)35-18-5-3-2-4-17(18)30(32,33)34)22-23-25(44-26-24(22)45-29(41)36-26)28(40)37(27(23)39)16-9-7-15(31)8-10-16/h2-12,22-23,25H,13H2,1H3,(H,35,38)(H,36,41)/t22-,23?,25?/m1/s1. The maximum Gasteiger partial charge on any atom is 0.418 e. The number of imide groups is 1. The van der Waals surface area contributed by atoms with E-state index >= 15 is 0 Å². The van der Waals surface area contributed by atoms with Gasteiger partial charge in [0, 0.05) is 15.8 Å². The molecule has 0 spiro atoms. The molecule has 2 unspecified atom stereocenters. The van der Waals surface area contributed by atoms with E-state index in [4.69, 9.17) is 21.1 Å². The van der Waals surface area contributed by atoms with Crippen molar-refractivity contribution in [3.63, 3.8) is 0 Å². The molecule has 0 saturated carbocycles. The summed E-state index contributed by atoms with van der Waals surface area (Å²) >= 11 is 8.08. The molecule has 9 nitrogen and oxygen atoms in total. The topological polar surface area (TPSA) is 118 Å². The van der Waals surface area contributed by atoms with E-state index in [1.807, 2.05) is 0 Å². The number of para-hydroxylation sites is 1. The summed E-state index contributed by atoms with van der Waals surface area (Å²) in [6.07, 6.45) is -4.66. The summed E-state index contributed by atoms with van der Waals surface area (Å²) in [6.45, 7) is -0.626.